The molecule has 92 valence electrons. The van der Waals surface area contributed by atoms with Crippen molar-refractivity contribution in [3.8, 4) is 0 Å². The molecule has 1 saturated carbocycles. The molecule has 0 aromatic heterocycles. The Morgan fingerprint density at radius 2 is 1.88 bits per heavy atom. The van der Waals surface area contributed by atoms with Crippen LogP contribution in [0.5, 0.6) is 0 Å². The fraction of sp³-hybridized carbons (Fsp3) is 1.00. The van der Waals surface area contributed by atoms with Gasteiger partial charge in [0.15, 0.2) is 0 Å². The molecular formula is C15H26O. The van der Waals surface area contributed by atoms with Crippen LogP contribution in [0.3, 0.4) is 0 Å². The zero-order valence-electron chi connectivity index (χ0n) is 11.3. The number of ether oxygens (including phenoxy) is 1. The number of fused-ring (bicyclic) bond motifs is 1. The first-order chi connectivity index (χ1) is 7.43. The molecule has 3 fully saturated rings. The van der Waals surface area contributed by atoms with Gasteiger partial charge in [-0.25, -0.2) is 0 Å². The van der Waals surface area contributed by atoms with E-state index in [4.69, 9.17) is 4.74 Å². The summed E-state index contributed by atoms with van der Waals surface area (Å²) < 4.78 is 6.59. The molecule has 5 atom stereocenters. The highest BCUT2D eigenvalue weighted by atomic mass is 16.5. The predicted molar refractivity (Wildman–Crippen MR) is 66.3 cm³/mol. The third-order valence-electron chi connectivity index (χ3n) is 5.69. The Hall–Kier alpha value is -0.0400. The first-order valence-electron chi connectivity index (χ1n) is 7.11. The standard InChI is InChI=1S/C15H26O/c1-10-7-13-14(3,4)9-12-11(2)5-6-15(12,8-10)16-13/h10-13H,5-9H2,1-4H3/t10-,11+,12-,13-,15-/m0/s1. The van der Waals surface area contributed by atoms with Crippen molar-refractivity contribution in [2.45, 2.75) is 71.5 Å². The molecule has 0 aromatic rings. The van der Waals surface area contributed by atoms with Crippen LogP contribution in [0.1, 0.15) is 59.8 Å². The largest absolute Gasteiger partial charge is 0.371 e. The van der Waals surface area contributed by atoms with Crippen LogP contribution in [0, 0.1) is 23.2 Å². The van der Waals surface area contributed by atoms with Gasteiger partial charge < -0.3 is 4.74 Å². The van der Waals surface area contributed by atoms with E-state index in [0.29, 0.717) is 11.5 Å². The minimum Gasteiger partial charge on any atom is -0.371 e. The Kier molecular flexibility index (Phi) is 2.25. The van der Waals surface area contributed by atoms with Gasteiger partial charge in [0, 0.05) is 0 Å². The van der Waals surface area contributed by atoms with Crippen molar-refractivity contribution in [2.75, 3.05) is 0 Å². The van der Waals surface area contributed by atoms with E-state index in [1.807, 2.05) is 0 Å². The molecule has 1 heteroatoms. The minimum absolute atomic E-state index is 0.289. The van der Waals surface area contributed by atoms with Crippen LogP contribution < -0.4 is 0 Å². The van der Waals surface area contributed by atoms with Crippen LogP contribution in [0.2, 0.25) is 0 Å². The highest BCUT2D eigenvalue weighted by Crippen LogP contribution is 2.59. The monoisotopic (exact) mass is 222 g/mol. The van der Waals surface area contributed by atoms with Crippen molar-refractivity contribution < 1.29 is 4.74 Å². The summed E-state index contributed by atoms with van der Waals surface area (Å²) in [4.78, 5) is 0. The highest BCUT2D eigenvalue weighted by molar-refractivity contribution is 5.08. The molecule has 2 saturated heterocycles. The third kappa shape index (κ3) is 1.40. The molecule has 2 aliphatic heterocycles. The molecule has 2 bridgehead atoms. The van der Waals surface area contributed by atoms with Crippen molar-refractivity contribution >= 4 is 0 Å². The lowest BCUT2D eigenvalue weighted by Crippen LogP contribution is -2.57. The summed E-state index contributed by atoms with van der Waals surface area (Å²) in [5.41, 5.74) is 0.693. The Balaban J connectivity index is 1.96. The van der Waals surface area contributed by atoms with Crippen LogP contribution in [0.15, 0.2) is 0 Å². The summed E-state index contributed by atoms with van der Waals surface area (Å²) in [5, 5.41) is 0. The van der Waals surface area contributed by atoms with Gasteiger partial charge in [0.25, 0.3) is 0 Å². The number of hydrogen-bond donors (Lipinski definition) is 0. The maximum Gasteiger partial charge on any atom is 0.0720 e. The van der Waals surface area contributed by atoms with Gasteiger partial charge in [0.05, 0.1) is 11.7 Å². The van der Waals surface area contributed by atoms with Crippen molar-refractivity contribution in [2.24, 2.45) is 23.2 Å². The van der Waals surface area contributed by atoms with Gasteiger partial charge in [-0.05, 0) is 55.3 Å². The van der Waals surface area contributed by atoms with Crippen LogP contribution in [0.4, 0.5) is 0 Å². The Bertz CT molecular complexity index is 296. The van der Waals surface area contributed by atoms with Crippen LogP contribution >= 0.6 is 0 Å². The van der Waals surface area contributed by atoms with E-state index in [9.17, 15) is 0 Å². The summed E-state index contributed by atoms with van der Waals surface area (Å²) in [7, 11) is 0. The smallest absolute Gasteiger partial charge is 0.0720 e. The molecule has 0 aromatic carbocycles. The van der Waals surface area contributed by atoms with E-state index in [2.05, 4.69) is 27.7 Å². The Morgan fingerprint density at radius 3 is 2.62 bits per heavy atom. The molecule has 0 unspecified atom stereocenters. The summed E-state index contributed by atoms with van der Waals surface area (Å²) in [6.07, 6.45) is 7.25. The van der Waals surface area contributed by atoms with E-state index >= 15 is 0 Å². The molecule has 3 aliphatic rings. The highest BCUT2D eigenvalue weighted by Gasteiger charge is 2.58. The topological polar surface area (TPSA) is 9.23 Å². The van der Waals surface area contributed by atoms with Crippen molar-refractivity contribution in [1.82, 2.24) is 0 Å². The van der Waals surface area contributed by atoms with Gasteiger partial charge in [0.1, 0.15) is 0 Å². The molecular weight excluding hydrogens is 196 g/mol. The maximum atomic E-state index is 6.59. The normalized spacial score (nSPS) is 54.8. The van der Waals surface area contributed by atoms with Gasteiger partial charge in [0.2, 0.25) is 0 Å². The second-order valence-corrected chi connectivity index (χ2v) is 7.53. The summed E-state index contributed by atoms with van der Waals surface area (Å²) in [5.74, 6) is 2.58. The second kappa shape index (κ2) is 3.25. The molecule has 0 amide bonds. The van der Waals surface area contributed by atoms with E-state index < -0.39 is 0 Å². The van der Waals surface area contributed by atoms with Gasteiger partial charge in [-0.1, -0.05) is 27.7 Å². The van der Waals surface area contributed by atoms with Crippen molar-refractivity contribution in [3.05, 3.63) is 0 Å². The number of rotatable bonds is 0. The average Bonchev–Trinajstić information content (AvgIpc) is 2.45. The third-order valence-corrected chi connectivity index (χ3v) is 5.69. The molecule has 0 radical (unpaired) electrons. The quantitative estimate of drug-likeness (QED) is 0.601. The first-order valence-corrected chi connectivity index (χ1v) is 7.11. The zero-order chi connectivity index (χ0) is 11.6. The first kappa shape index (κ1) is 11.1. The number of hydrogen-bond acceptors (Lipinski definition) is 1. The summed E-state index contributed by atoms with van der Waals surface area (Å²) in [6.45, 7) is 9.71. The fourth-order valence-corrected chi connectivity index (χ4v) is 4.76. The molecule has 1 spiro atoms. The lowest BCUT2D eigenvalue weighted by atomic mass is 9.62. The van der Waals surface area contributed by atoms with E-state index in [1.54, 1.807) is 0 Å². The van der Waals surface area contributed by atoms with E-state index in [0.717, 1.165) is 17.8 Å². The van der Waals surface area contributed by atoms with Crippen LogP contribution in [-0.4, -0.2) is 11.7 Å². The SMILES string of the molecule is C[C@H]1C[C@@H]2O[C@@]3(CC[C@@H](C)[C@@H]3CC2(C)C)C1. The minimum atomic E-state index is 0.289. The lowest BCUT2D eigenvalue weighted by molar-refractivity contribution is -0.240. The molecule has 2 heterocycles. The van der Waals surface area contributed by atoms with E-state index in [-0.39, 0.29) is 5.60 Å². The summed E-state index contributed by atoms with van der Waals surface area (Å²) >= 11 is 0. The van der Waals surface area contributed by atoms with Gasteiger partial charge in [-0.15, -0.1) is 0 Å². The van der Waals surface area contributed by atoms with Crippen molar-refractivity contribution in [3.63, 3.8) is 0 Å². The Morgan fingerprint density at radius 1 is 1.12 bits per heavy atom. The van der Waals surface area contributed by atoms with Crippen LogP contribution in [0.25, 0.3) is 0 Å². The molecule has 1 nitrogen and oxygen atoms in total. The summed E-state index contributed by atoms with van der Waals surface area (Å²) in [6, 6.07) is 0. The molecule has 16 heavy (non-hydrogen) atoms. The maximum absolute atomic E-state index is 6.59. The molecule has 0 N–H and O–H groups in total. The average molecular weight is 222 g/mol. The second-order valence-electron chi connectivity index (χ2n) is 7.53. The van der Waals surface area contributed by atoms with E-state index in [1.165, 1.54) is 32.1 Å². The molecule has 3 rings (SSSR count). The zero-order valence-corrected chi connectivity index (χ0v) is 11.3. The van der Waals surface area contributed by atoms with Crippen molar-refractivity contribution in [1.29, 1.82) is 0 Å². The predicted octanol–water partition coefficient (Wildman–Crippen LogP) is 4.02. The van der Waals surface area contributed by atoms with Gasteiger partial charge >= 0.3 is 0 Å². The van der Waals surface area contributed by atoms with Gasteiger partial charge in [-0.3, -0.25) is 0 Å². The molecule has 1 aliphatic carbocycles. The Labute approximate surface area is 99.9 Å². The lowest BCUT2D eigenvalue weighted by Gasteiger charge is -2.56. The van der Waals surface area contributed by atoms with Gasteiger partial charge in [-0.2, -0.15) is 0 Å². The fourth-order valence-electron chi connectivity index (χ4n) is 4.76. The van der Waals surface area contributed by atoms with Crippen LogP contribution in [-0.2, 0) is 4.74 Å².